The third-order valence-corrected chi connectivity index (χ3v) is 1.60. The summed E-state index contributed by atoms with van der Waals surface area (Å²) in [7, 11) is 0. The van der Waals surface area contributed by atoms with E-state index in [9.17, 15) is 9.59 Å². The second kappa shape index (κ2) is 4.61. The first-order valence-corrected chi connectivity index (χ1v) is 4.20. The number of carboxylic acid groups (broad SMARTS) is 1. The van der Waals surface area contributed by atoms with Gasteiger partial charge >= 0.3 is 6.16 Å². The second-order valence-electron chi connectivity index (χ2n) is 2.55. The molecule has 0 spiro atoms. The number of rotatable bonds is 2. The highest BCUT2D eigenvalue weighted by molar-refractivity contribution is 6.33. The fourth-order valence-electron chi connectivity index (χ4n) is 0.836. The van der Waals surface area contributed by atoms with Gasteiger partial charge in [0.2, 0.25) is 5.91 Å². The molecule has 6 nitrogen and oxygen atoms in total. The molecule has 0 bridgehead atoms. The highest BCUT2D eigenvalue weighted by Gasteiger charge is 2.07. The van der Waals surface area contributed by atoms with Crippen molar-refractivity contribution >= 4 is 29.5 Å². The van der Waals surface area contributed by atoms with Crippen LogP contribution >= 0.6 is 11.6 Å². The first-order chi connectivity index (χ1) is 6.99. The van der Waals surface area contributed by atoms with Crippen LogP contribution in [0.1, 0.15) is 6.92 Å². The molecule has 0 aliphatic rings. The van der Waals surface area contributed by atoms with Gasteiger partial charge in [0.05, 0.1) is 11.2 Å². The molecule has 7 heteroatoms. The summed E-state index contributed by atoms with van der Waals surface area (Å²) in [5.41, 5.74) is 0. The van der Waals surface area contributed by atoms with Crippen LogP contribution in [0, 0.1) is 0 Å². The Balaban J connectivity index is 2.87. The van der Waals surface area contributed by atoms with Crippen LogP contribution < -0.4 is 10.1 Å². The summed E-state index contributed by atoms with van der Waals surface area (Å²) in [6, 6.07) is 1.24. The van der Waals surface area contributed by atoms with Crippen molar-refractivity contribution < 1.29 is 19.4 Å². The van der Waals surface area contributed by atoms with Crippen molar-refractivity contribution in [2.75, 3.05) is 5.32 Å². The molecule has 15 heavy (non-hydrogen) atoms. The van der Waals surface area contributed by atoms with E-state index in [0.717, 1.165) is 6.20 Å². The van der Waals surface area contributed by atoms with E-state index in [2.05, 4.69) is 15.0 Å². The predicted octanol–water partition coefficient (Wildman–Crippen LogP) is 1.75. The lowest BCUT2D eigenvalue weighted by Gasteiger charge is -2.05. The monoisotopic (exact) mass is 230 g/mol. The first kappa shape index (κ1) is 11.3. The summed E-state index contributed by atoms with van der Waals surface area (Å²) < 4.78 is 4.31. The van der Waals surface area contributed by atoms with E-state index in [4.69, 9.17) is 16.7 Å². The first-order valence-electron chi connectivity index (χ1n) is 3.83. The van der Waals surface area contributed by atoms with Crippen LogP contribution in [-0.4, -0.2) is 22.2 Å². The molecule has 1 amide bonds. The quantitative estimate of drug-likeness (QED) is 0.756. The molecule has 2 N–H and O–H groups in total. The Morgan fingerprint density at radius 2 is 2.27 bits per heavy atom. The van der Waals surface area contributed by atoms with E-state index < -0.39 is 6.16 Å². The van der Waals surface area contributed by atoms with Gasteiger partial charge in [-0.25, -0.2) is 9.78 Å². The predicted molar refractivity (Wildman–Crippen MR) is 52.2 cm³/mol. The number of aromatic nitrogens is 1. The molecule has 0 unspecified atom stereocenters. The lowest BCUT2D eigenvalue weighted by atomic mass is 10.4. The maximum absolute atomic E-state index is 10.7. The van der Waals surface area contributed by atoms with Crippen LogP contribution in [0.2, 0.25) is 5.02 Å². The van der Waals surface area contributed by atoms with Crippen molar-refractivity contribution in [2.45, 2.75) is 6.92 Å². The van der Waals surface area contributed by atoms with Crippen molar-refractivity contribution in [3.05, 3.63) is 17.3 Å². The zero-order chi connectivity index (χ0) is 11.4. The molecular weight excluding hydrogens is 224 g/mol. The number of ether oxygens (including phenoxy) is 1. The Labute approximate surface area is 89.8 Å². The number of nitrogens with one attached hydrogen (secondary N) is 1. The zero-order valence-corrected chi connectivity index (χ0v) is 8.41. The summed E-state index contributed by atoms with van der Waals surface area (Å²) in [5, 5.41) is 10.8. The number of carbonyl (C=O) groups excluding carboxylic acids is 1. The Morgan fingerprint density at radius 1 is 1.60 bits per heavy atom. The average molecular weight is 231 g/mol. The van der Waals surface area contributed by atoms with Gasteiger partial charge in [0.1, 0.15) is 0 Å². The standard InChI is InChI=1S/C8H7ClN2O4/c1-4(12)11-7-6(9)2-5(3-10-7)15-8(13)14/h2-3H,1H3,(H,13,14)(H,10,11,12). The number of halogens is 1. The highest BCUT2D eigenvalue weighted by Crippen LogP contribution is 2.23. The topological polar surface area (TPSA) is 88.5 Å². The van der Waals surface area contributed by atoms with Crippen LogP contribution in [0.5, 0.6) is 5.75 Å². The molecule has 1 aromatic rings. The smallest absolute Gasteiger partial charge is 0.449 e. The zero-order valence-electron chi connectivity index (χ0n) is 7.65. The van der Waals surface area contributed by atoms with Gasteiger partial charge in [0.15, 0.2) is 11.6 Å². The molecule has 0 saturated heterocycles. The molecule has 1 aromatic heterocycles. The van der Waals surface area contributed by atoms with Gasteiger partial charge in [-0.05, 0) is 0 Å². The number of amides is 1. The summed E-state index contributed by atoms with van der Waals surface area (Å²) in [6.07, 6.45) is -0.314. The Hall–Kier alpha value is -1.82. The Bertz CT molecular complexity index is 408. The van der Waals surface area contributed by atoms with Crippen molar-refractivity contribution in [1.82, 2.24) is 4.98 Å². The van der Waals surface area contributed by atoms with Gasteiger partial charge in [-0.1, -0.05) is 11.6 Å². The third-order valence-electron chi connectivity index (χ3n) is 1.32. The average Bonchev–Trinajstić information content (AvgIpc) is 2.08. The van der Waals surface area contributed by atoms with Crippen LogP contribution in [0.25, 0.3) is 0 Å². The van der Waals surface area contributed by atoms with Gasteiger partial charge in [-0.2, -0.15) is 0 Å². The van der Waals surface area contributed by atoms with Gasteiger partial charge in [0, 0.05) is 13.0 Å². The number of anilines is 1. The highest BCUT2D eigenvalue weighted by atomic mass is 35.5. The fourth-order valence-corrected chi connectivity index (χ4v) is 1.04. The molecule has 1 heterocycles. The van der Waals surface area contributed by atoms with Crippen LogP contribution in [0.4, 0.5) is 10.6 Å². The molecule has 1 rings (SSSR count). The number of pyridine rings is 1. The minimum atomic E-state index is -1.46. The fraction of sp³-hybridized carbons (Fsp3) is 0.125. The molecule has 0 aromatic carbocycles. The molecule has 0 fully saturated rings. The van der Waals surface area contributed by atoms with E-state index in [-0.39, 0.29) is 22.5 Å². The van der Waals surface area contributed by atoms with Crippen molar-refractivity contribution in [3.63, 3.8) is 0 Å². The van der Waals surface area contributed by atoms with Gasteiger partial charge in [-0.3, -0.25) is 4.79 Å². The Morgan fingerprint density at radius 3 is 2.73 bits per heavy atom. The normalized spacial score (nSPS) is 9.47. The SMILES string of the molecule is CC(=O)Nc1ncc(OC(=O)O)cc1Cl. The number of nitrogens with zero attached hydrogens (tertiary/aromatic N) is 1. The minimum Gasteiger partial charge on any atom is -0.449 e. The van der Waals surface area contributed by atoms with E-state index in [1.165, 1.54) is 13.0 Å². The van der Waals surface area contributed by atoms with E-state index in [0.29, 0.717) is 0 Å². The Kier molecular flexibility index (Phi) is 3.46. The molecule has 0 atom stereocenters. The van der Waals surface area contributed by atoms with Crippen molar-refractivity contribution in [1.29, 1.82) is 0 Å². The van der Waals surface area contributed by atoms with E-state index in [1.54, 1.807) is 0 Å². The maximum Gasteiger partial charge on any atom is 0.511 e. The number of hydrogen-bond acceptors (Lipinski definition) is 4. The van der Waals surface area contributed by atoms with Gasteiger partial charge < -0.3 is 15.2 Å². The lowest BCUT2D eigenvalue weighted by Crippen LogP contribution is -2.09. The molecule has 0 aliphatic heterocycles. The third kappa shape index (κ3) is 3.43. The molecule has 0 aliphatic carbocycles. The van der Waals surface area contributed by atoms with Crippen LogP contribution in [0.15, 0.2) is 12.3 Å². The van der Waals surface area contributed by atoms with Crippen LogP contribution in [0.3, 0.4) is 0 Å². The number of hydrogen-bond donors (Lipinski definition) is 2. The van der Waals surface area contributed by atoms with Crippen LogP contribution in [-0.2, 0) is 4.79 Å². The van der Waals surface area contributed by atoms with Gasteiger partial charge in [-0.15, -0.1) is 0 Å². The molecule has 0 saturated carbocycles. The van der Waals surface area contributed by atoms with Crippen molar-refractivity contribution in [2.24, 2.45) is 0 Å². The largest absolute Gasteiger partial charge is 0.511 e. The summed E-state index contributed by atoms with van der Waals surface area (Å²) in [6.45, 7) is 1.31. The summed E-state index contributed by atoms with van der Waals surface area (Å²) >= 11 is 5.71. The van der Waals surface area contributed by atoms with E-state index in [1.807, 2.05) is 0 Å². The molecular formula is C8H7ClN2O4. The summed E-state index contributed by atoms with van der Waals surface area (Å²) in [5.74, 6) is -0.181. The second-order valence-corrected chi connectivity index (χ2v) is 2.96. The van der Waals surface area contributed by atoms with Gasteiger partial charge in [0.25, 0.3) is 0 Å². The summed E-state index contributed by atoms with van der Waals surface area (Å²) in [4.78, 5) is 24.6. The van der Waals surface area contributed by atoms with E-state index >= 15 is 0 Å². The molecule has 80 valence electrons. The maximum atomic E-state index is 10.7. The minimum absolute atomic E-state index is 0.0124. The number of carbonyl (C=O) groups is 2. The van der Waals surface area contributed by atoms with Crippen molar-refractivity contribution in [3.8, 4) is 5.75 Å². The lowest BCUT2D eigenvalue weighted by molar-refractivity contribution is -0.114. The molecule has 0 radical (unpaired) electrons.